The Bertz CT molecular complexity index is 1940. The monoisotopic (exact) mass is 602 g/mol. The van der Waals surface area contributed by atoms with Crippen molar-refractivity contribution in [3.05, 3.63) is 70.6 Å². The molecule has 4 aromatic heterocycles. The van der Waals surface area contributed by atoms with Crippen LogP contribution in [-0.4, -0.2) is 73.8 Å². The molecule has 0 radical (unpaired) electrons. The Kier molecular flexibility index (Phi) is 7.81. The van der Waals surface area contributed by atoms with Crippen molar-refractivity contribution in [1.82, 2.24) is 40.3 Å². The number of morpholine rings is 1. The molecule has 5 aromatic rings. The maximum Gasteiger partial charge on any atom is 0.252 e. The van der Waals surface area contributed by atoms with Gasteiger partial charge in [0, 0.05) is 41.5 Å². The minimum atomic E-state index is -0.640. The van der Waals surface area contributed by atoms with E-state index in [9.17, 15) is 4.79 Å². The number of aromatic amines is 2. The van der Waals surface area contributed by atoms with E-state index < -0.39 is 5.54 Å². The van der Waals surface area contributed by atoms with E-state index in [-0.39, 0.29) is 5.91 Å². The standard InChI is InChI=1S/C35H38N8O2/c1-22-20-37-34(38-22)35(2,3)40-33(44)24-13-11-23(12-14-24)31-26-9-6-4-5-8-25(26)29-28(39-31)21-36-32-30(29)27(41-42-32)10-7-15-43-16-18-45-19-17-43/h11-14,20-21H,4-6,8-9,15-19H2,1-3H3,(H,37,38)(H,40,44)(H,36,41,42). The lowest BCUT2D eigenvalue weighted by Crippen LogP contribution is -2.41. The van der Waals surface area contributed by atoms with Gasteiger partial charge in [0.1, 0.15) is 11.5 Å². The lowest BCUT2D eigenvalue weighted by Gasteiger charge is -2.24. The fraction of sp³-hybridized carbons (Fsp3) is 0.400. The zero-order valence-electron chi connectivity index (χ0n) is 26.1. The van der Waals surface area contributed by atoms with Crippen LogP contribution >= 0.6 is 0 Å². The third-order valence-corrected chi connectivity index (χ3v) is 8.86. The molecular weight excluding hydrogens is 564 g/mol. The van der Waals surface area contributed by atoms with Crippen LogP contribution in [0, 0.1) is 18.8 Å². The van der Waals surface area contributed by atoms with Crippen molar-refractivity contribution >= 4 is 27.8 Å². The summed E-state index contributed by atoms with van der Waals surface area (Å²) in [6, 6.07) is 7.76. The molecule has 10 heteroatoms. The average molecular weight is 603 g/mol. The largest absolute Gasteiger partial charge is 0.379 e. The second-order valence-corrected chi connectivity index (χ2v) is 12.6. The summed E-state index contributed by atoms with van der Waals surface area (Å²) in [5.74, 6) is 7.27. The van der Waals surface area contributed by atoms with Crippen LogP contribution < -0.4 is 5.32 Å². The molecule has 1 fully saturated rings. The molecule has 45 heavy (non-hydrogen) atoms. The normalized spacial score (nSPS) is 15.8. The summed E-state index contributed by atoms with van der Waals surface area (Å²) in [4.78, 5) is 33.1. The molecule has 1 amide bonds. The first-order valence-corrected chi connectivity index (χ1v) is 15.8. The number of carbonyl (C=O) groups excluding carboxylic acids is 1. The maximum absolute atomic E-state index is 13.2. The van der Waals surface area contributed by atoms with Crippen LogP contribution in [0.15, 0.2) is 36.7 Å². The smallest absolute Gasteiger partial charge is 0.252 e. The first-order valence-electron chi connectivity index (χ1n) is 15.8. The van der Waals surface area contributed by atoms with E-state index in [0.29, 0.717) is 17.8 Å². The molecule has 2 aliphatic rings. The molecule has 0 saturated carbocycles. The van der Waals surface area contributed by atoms with Crippen molar-refractivity contribution in [3.8, 4) is 23.1 Å². The third kappa shape index (κ3) is 5.81. The van der Waals surface area contributed by atoms with Crippen LogP contribution in [0.5, 0.6) is 0 Å². The summed E-state index contributed by atoms with van der Waals surface area (Å²) in [5, 5.41) is 12.8. The lowest BCUT2D eigenvalue weighted by atomic mass is 9.92. The summed E-state index contributed by atoms with van der Waals surface area (Å²) < 4.78 is 5.47. The fourth-order valence-electron chi connectivity index (χ4n) is 6.43. The molecule has 1 aliphatic heterocycles. The number of carbonyl (C=O) groups is 1. The van der Waals surface area contributed by atoms with Gasteiger partial charge in [-0.2, -0.15) is 5.10 Å². The molecule has 3 N–H and O–H groups in total. The molecule has 0 atom stereocenters. The number of amides is 1. The van der Waals surface area contributed by atoms with Gasteiger partial charge >= 0.3 is 0 Å². The van der Waals surface area contributed by atoms with Crippen LogP contribution in [0.1, 0.15) is 71.8 Å². The highest BCUT2D eigenvalue weighted by Crippen LogP contribution is 2.37. The van der Waals surface area contributed by atoms with Gasteiger partial charge in [0.05, 0.1) is 48.1 Å². The van der Waals surface area contributed by atoms with Crippen molar-refractivity contribution in [3.63, 3.8) is 0 Å². The highest BCUT2D eigenvalue weighted by molar-refractivity contribution is 6.08. The molecule has 230 valence electrons. The minimum absolute atomic E-state index is 0.153. The van der Waals surface area contributed by atoms with Crippen molar-refractivity contribution < 1.29 is 9.53 Å². The van der Waals surface area contributed by atoms with E-state index in [0.717, 1.165) is 96.7 Å². The Balaban J connectivity index is 1.24. The van der Waals surface area contributed by atoms with Gasteiger partial charge in [0.25, 0.3) is 5.91 Å². The Morgan fingerprint density at radius 3 is 2.56 bits per heavy atom. The number of nitrogens with zero attached hydrogens (tertiary/aromatic N) is 5. The number of aromatic nitrogens is 6. The molecule has 5 heterocycles. The molecule has 1 aliphatic carbocycles. The maximum atomic E-state index is 13.2. The fourth-order valence-corrected chi connectivity index (χ4v) is 6.43. The summed E-state index contributed by atoms with van der Waals surface area (Å²) in [6.45, 7) is 9.83. The van der Waals surface area contributed by atoms with E-state index in [1.54, 1.807) is 6.20 Å². The van der Waals surface area contributed by atoms with Gasteiger partial charge in [0.15, 0.2) is 5.65 Å². The number of nitrogens with one attached hydrogen (secondary N) is 3. The molecule has 0 unspecified atom stereocenters. The van der Waals surface area contributed by atoms with Crippen LogP contribution in [0.3, 0.4) is 0 Å². The molecule has 1 saturated heterocycles. The van der Waals surface area contributed by atoms with E-state index in [1.165, 1.54) is 17.5 Å². The van der Waals surface area contributed by atoms with E-state index in [4.69, 9.17) is 9.72 Å². The predicted molar refractivity (Wildman–Crippen MR) is 174 cm³/mol. The van der Waals surface area contributed by atoms with Gasteiger partial charge in [-0.05, 0) is 75.6 Å². The number of H-pyrrole nitrogens is 2. The number of fused-ring (bicyclic) bond motifs is 5. The van der Waals surface area contributed by atoms with Crippen LogP contribution in [0.2, 0.25) is 0 Å². The third-order valence-electron chi connectivity index (χ3n) is 8.86. The Morgan fingerprint density at radius 1 is 1.02 bits per heavy atom. The Labute approximate surface area is 262 Å². The second-order valence-electron chi connectivity index (χ2n) is 12.6. The molecular formula is C35H38N8O2. The Hall–Kier alpha value is -4.59. The number of hydrogen-bond donors (Lipinski definition) is 3. The highest BCUT2D eigenvalue weighted by Gasteiger charge is 2.27. The quantitative estimate of drug-likeness (QED) is 0.195. The van der Waals surface area contributed by atoms with E-state index >= 15 is 0 Å². The SMILES string of the molecule is Cc1cnc(C(C)(C)NC(=O)c2ccc(-c3nc4cnc5n[nH]c(C#CCN6CCOCC6)c5c4c4c3CCCCC4)cc2)[nH]1. The topological polar surface area (TPSA) is 125 Å². The number of pyridine rings is 2. The summed E-state index contributed by atoms with van der Waals surface area (Å²) >= 11 is 0. The van der Waals surface area contributed by atoms with Gasteiger partial charge in [-0.15, -0.1) is 0 Å². The lowest BCUT2D eigenvalue weighted by molar-refractivity contribution is 0.0443. The van der Waals surface area contributed by atoms with Crippen molar-refractivity contribution in [2.45, 2.75) is 58.4 Å². The number of benzene rings is 1. The first-order chi connectivity index (χ1) is 21.9. The second kappa shape index (κ2) is 12.1. The van der Waals surface area contributed by atoms with E-state index in [1.807, 2.05) is 51.2 Å². The Morgan fingerprint density at radius 2 is 1.80 bits per heavy atom. The average Bonchev–Trinajstić information content (AvgIpc) is 3.60. The minimum Gasteiger partial charge on any atom is -0.379 e. The summed E-state index contributed by atoms with van der Waals surface area (Å²) in [5.41, 5.74) is 7.74. The van der Waals surface area contributed by atoms with Crippen molar-refractivity contribution in [2.75, 3.05) is 32.8 Å². The molecule has 10 nitrogen and oxygen atoms in total. The molecule has 0 spiro atoms. The molecule has 0 bridgehead atoms. The number of aryl methyl sites for hydroxylation is 2. The summed E-state index contributed by atoms with van der Waals surface area (Å²) in [7, 11) is 0. The van der Waals surface area contributed by atoms with Gasteiger partial charge in [-0.3, -0.25) is 14.8 Å². The van der Waals surface area contributed by atoms with Gasteiger partial charge in [-0.1, -0.05) is 24.5 Å². The first kappa shape index (κ1) is 29.1. The number of hydrogen-bond acceptors (Lipinski definition) is 7. The van der Waals surface area contributed by atoms with Gasteiger partial charge in [0.2, 0.25) is 0 Å². The highest BCUT2D eigenvalue weighted by atomic mass is 16.5. The number of imidazole rings is 1. The van der Waals surface area contributed by atoms with E-state index in [2.05, 4.69) is 47.2 Å². The van der Waals surface area contributed by atoms with Gasteiger partial charge in [-0.25, -0.2) is 15.0 Å². The van der Waals surface area contributed by atoms with Crippen LogP contribution in [0.4, 0.5) is 0 Å². The van der Waals surface area contributed by atoms with Crippen LogP contribution in [-0.2, 0) is 23.1 Å². The summed E-state index contributed by atoms with van der Waals surface area (Å²) in [6.07, 6.45) is 8.92. The number of ether oxygens (including phenoxy) is 1. The molecule has 7 rings (SSSR count). The predicted octanol–water partition coefficient (Wildman–Crippen LogP) is 4.82. The van der Waals surface area contributed by atoms with Crippen molar-refractivity contribution in [1.29, 1.82) is 0 Å². The van der Waals surface area contributed by atoms with Gasteiger partial charge < -0.3 is 15.0 Å². The number of rotatable bonds is 5. The molecule has 1 aromatic carbocycles. The van der Waals surface area contributed by atoms with Crippen LogP contribution in [0.25, 0.3) is 33.2 Å². The van der Waals surface area contributed by atoms with Crippen molar-refractivity contribution in [2.24, 2.45) is 0 Å². The zero-order chi connectivity index (χ0) is 31.0. The zero-order valence-corrected chi connectivity index (χ0v) is 26.1.